The number of hydrogen-bond acceptors (Lipinski definition) is 4. The highest BCUT2D eigenvalue weighted by atomic mass is 35.5. The average molecular weight is 383 g/mol. The van der Waals surface area contributed by atoms with Crippen LogP contribution in [0.1, 0.15) is 57.3 Å². The molecular formula is C21H31ClO4. The first-order chi connectivity index (χ1) is 12.7. The van der Waals surface area contributed by atoms with Crippen molar-refractivity contribution in [3.8, 4) is 0 Å². The molecule has 2 fully saturated rings. The third-order valence-electron chi connectivity index (χ3n) is 5.17. The summed E-state index contributed by atoms with van der Waals surface area (Å²) in [5.74, 6) is 0.965. The summed E-state index contributed by atoms with van der Waals surface area (Å²) in [6.07, 6.45) is 6.63. The molecule has 5 heteroatoms. The Hall–Kier alpha value is -0.650. The lowest BCUT2D eigenvalue weighted by molar-refractivity contribution is -0.220. The van der Waals surface area contributed by atoms with E-state index in [4.69, 9.17) is 30.5 Å². The third kappa shape index (κ3) is 6.21. The standard InChI is InChI=1S/C21H31ClO4/c1-2-3-4-5-16-12-23-20(24-13-16)11-6-17-14-25-21(26-15-17)18-7-9-19(22)10-8-18/h7-10,16-17,20-21H,2-6,11-15H2,1H3/t16-,17-,20-,21-. The van der Waals surface area contributed by atoms with E-state index in [9.17, 15) is 0 Å². The molecule has 2 aliphatic heterocycles. The minimum Gasteiger partial charge on any atom is -0.352 e. The molecule has 0 amide bonds. The summed E-state index contributed by atoms with van der Waals surface area (Å²) < 4.78 is 23.6. The van der Waals surface area contributed by atoms with Gasteiger partial charge in [-0.15, -0.1) is 0 Å². The first-order valence-electron chi connectivity index (χ1n) is 9.96. The summed E-state index contributed by atoms with van der Waals surface area (Å²) in [7, 11) is 0. The zero-order chi connectivity index (χ0) is 18.2. The van der Waals surface area contributed by atoms with Crippen molar-refractivity contribution in [2.24, 2.45) is 11.8 Å². The van der Waals surface area contributed by atoms with Gasteiger partial charge in [0.1, 0.15) is 0 Å². The van der Waals surface area contributed by atoms with E-state index in [1.54, 1.807) is 0 Å². The molecule has 3 rings (SSSR count). The van der Waals surface area contributed by atoms with Crippen LogP contribution in [-0.2, 0) is 18.9 Å². The fourth-order valence-corrected chi connectivity index (χ4v) is 3.62. The lowest BCUT2D eigenvalue weighted by Gasteiger charge is -2.32. The highest BCUT2D eigenvalue weighted by Crippen LogP contribution is 2.29. The van der Waals surface area contributed by atoms with E-state index in [0.717, 1.165) is 36.6 Å². The van der Waals surface area contributed by atoms with Gasteiger partial charge in [-0.1, -0.05) is 49.9 Å². The smallest absolute Gasteiger partial charge is 0.183 e. The summed E-state index contributed by atoms with van der Waals surface area (Å²) in [6.45, 7) is 5.33. The van der Waals surface area contributed by atoms with E-state index >= 15 is 0 Å². The first kappa shape index (κ1) is 20.1. The van der Waals surface area contributed by atoms with Gasteiger partial charge < -0.3 is 18.9 Å². The molecule has 2 saturated heterocycles. The van der Waals surface area contributed by atoms with Crippen LogP contribution in [-0.4, -0.2) is 32.7 Å². The fraction of sp³-hybridized carbons (Fsp3) is 0.714. The molecule has 0 radical (unpaired) electrons. The second-order valence-electron chi connectivity index (χ2n) is 7.45. The van der Waals surface area contributed by atoms with Crippen molar-refractivity contribution in [1.29, 1.82) is 0 Å². The molecule has 0 unspecified atom stereocenters. The number of hydrogen-bond donors (Lipinski definition) is 0. The number of rotatable bonds is 8. The van der Waals surface area contributed by atoms with Crippen molar-refractivity contribution in [2.75, 3.05) is 26.4 Å². The Kier molecular flexibility index (Phi) is 8.21. The predicted molar refractivity (Wildman–Crippen MR) is 102 cm³/mol. The maximum atomic E-state index is 5.92. The summed E-state index contributed by atoms with van der Waals surface area (Å²) in [4.78, 5) is 0. The van der Waals surface area contributed by atoms with Crippen LogP contribution >= 0.6 is 11.6 Å². The highest BCUT2D eigenvalue weighted by molar-refractivity contribution is 6.30. The molecule has 4 nitrogen and oxygen atoms in total. The maximum Gasteiger partial charge on any atom is 0.183 e. The molecule has 2 aliphatic rings. The van der Waals surface area contributed by atoms with Gasteiger partial charge in [0, 0.05) is 22.4 Å². The Morgan fingerprint density at radius 1 is 0.808 bits per heavy atom. The van der Waals surface area contributed by atoms with Gasteiger partial charge in [0.25, 0.3) is 0 Å². The van der Waals surface area contributed by atoms with E-state index in [-0.39, 0.29) is 12.6 Å². The Balaban J connectivity index is 1.30. The Morgan fingerprint density at radius 2 is 1.42 bits per heavy atom. The molecule has 0 atom stereocenters. The summed E-state index contributed by atoms with van der Waals surface area (Å²) in [6, 6.07) is 7.63. The lowest BCUT2D eigenvalue weighted by atomic mass is 10.0. The molecule has 1 aromatic carbocycles. The van der Waals surface area contributed by atoms with Gasteiger partial charge in [-0.2, -0.15) is 0 Å². The number of halogens is 1. The van der Waals surface area contributed by atoms with E-state index in [1.165, 1.54) is 25.7 Å². The van der Waals surface area contributed by atoms with Crippen molar-refractivity contribution in [2.45, 2.75) is 58.0 Å². The average Bonchev–Trinajstić information content (AvgIpc) is 2.69. The van der Waals surface area contributed by atoms with Crippen LogP contribution in [0, 0.1) is 11.8 Å². The van der Waals surface area contributed by atoms with Gasteiger partial charge in [-0.05, 0) is 31.4 Å². The minimum absolute atomic E-state index is 0.0635. The zero-order valence-corrected chi connectivity index (χ0v) is 16.5. The van der Waals surface area contributed by atoms with Gasteiger partial charge in [-0.25, -0.2) is 0 Å². The zero-order valence-electron chi connectivity index (χ0n) is 15.7. The molecule has 1 aromatic rings. The van der Waals surface area contributed by atoms with Gasteiger partial charge in [0.2, 0.25) is 0 Å². The second kappa shape index (κ2) is 10.6. The quantitative estimate of drug-likeness (QED) is 0.568. The molecule has 0 bridgehead atoms. The van der Waals surface area contributed by atoms with E-state index < -0.39 is 0 Å². The van der Waals surface area contributed by atoms with Crippen LogP contribution < -0.4 is 0 Å². The van der Waals surface area contributed by atoms with E-state index in [2.05, 4.69) is 6.92 Å². The van der Waals surface area contributed by atoms with Crippen LogP contribution in [0.3, 0.4) is 0 Å². The van der Waals surface area contributed by atoms with Gasteiger partial charge in [-0.3, -0.25) is 0 Å². The van der Waals surface area contributed by atoms with Crippen LogP contribution in [0.4, 0.5) is 0 Å². The monoisotopic (exact) mass is 382 g/mol. The topological polar surface area (TPSA) is 36.9 Å². The first-order valence-corrected chi connectivity index (χ1v) is 10.3. The molecule has 0 saturated carbocycles. The van der Waals surface area contributed by atoms with Gasteiger partial charge >= 0.3 is 0 Å². The van der Waals surface area contributed by atoms with Crippen molar-refractivity contribution in [1.82, 2.24) is 0 Å². The van der Waals surface area contributed by atoms with Crippen LogP contribution in [0.2, 0.25) is 5.02 Å². The third-order valence-corrected chi connectivity index (χ3v) is 5.42. The number of ether oxygens (including phenoxy) is 4. The Bertz CT molecular complexity index is 505. The summed E-state index contributed by atoms with van der Waals surface area (Å²) in [5.41, 5.74) is 1.01. The Labute approximate surface area is 162 Å². The SMILES string of the molecule is CCCCC[C@H]1CO[C@H](CC[C@H]2CO[C@H](c3ccc(Cl)cc3)OC2)OC1. The molecule has 26 heavy (non-hydrogen) atoms. The molecule has 146 valence electrons. The molecule has 2 heterocycles. The Morgan fingerprint density at radius 3 is 2.08 bits per heavy atom. The van der Waals surface area contributed by atoms with Crippen LogP contribution in [0.5, 0.6) is 0 Å². The molecule has 0 spiro atoms. The lowest BCUT2D eigenvalue weighted by Crippen LogP contribution is -2.33. The number of unbranched alkanes of at least 4 members (excludes halogenated alkanes) is 2. The van der Waals surface area contributed by atoms with Crippen molar-refractivity contribution < 1.29 is 18.9 Å². The maximum absolute atomic E-state index is 5.92. The van der Waals surface area contributed by atoms with Crippen molar-refractivity contribution in [3.05, 3.63) is 34.9 Å². The van der Waals surface area contributed by atoms with Crippen LogP contribution in [0.15, 0.2) is 24.3 Å². The van der Waals surface area contributed by atoms with E-state index in [1.807, 2.05) is 24.3 Å². The van der Waals surface area contributed by atoms with Crippen LogP contribution in [0.25, 0.3) is 0 Å². The molecular weight excluding hydrogens is 352 g/mol. The normalized spacial score (nSPS) is 29.6. The summed E-state index contributed by atoms with van der Waals surface area (Å²) in [5, 5.41) is 0.725. The number of benzene rings is 1. The van der Waals surface area contributed by atoms with Gasteiger partial charge in [0.05, 0.1) is 26.4 Å². The molecule has 0 aliphatic carbocycles. The summed E-state index contributed by atoms with van der Waals surface area (Å²) >= 11 is 5.92. The fourth-order valence-electron chi connectivity index (χ4n) is 3.49. The highest BCUT2D eigenvalue weighted by Gasteiger charge is 2.26. The van der Waals surface area contributed by atoms with Gasteiger partial charge in [0.15, 0.2) is 12.6 Å². The molecule has 0 N–H and O–H groups in total. The predicted octanol–water partition coefficient (Wildman–Crippen LogP) is 5.35. The van der Waals surface area contributed by atoms with Crippen molar-refractivity contribution in [3.63, 3.8) is 0 Å². The molecule has 0 aromatic heterocycles. The second-order valence-corrected chi connectivity index (χ2v) is 7.89. The minimum atomic E-state index is -0.283. The van der Waals surface area contributed by atoms with Crippen molar-refractivity contribution >= 4 is 11.6 Å². The van der Waals surface area contributed by atoms with E-state index in [0.29, 0.717) is 25.0 Å². The largest absolute Gasteiger partial charge is 0.352 e.